The van der Waals surface area contributed by atoms with Gasteiger partial charge in [0.25, 0.3) is 5.69 Å². The number of carbonyl (C=O) groups excluding carboxylic acids is 2. The Morgan fingerprint density at radius 2 is 1.21 bits per heavy atom. The fraction of sp³-hybridized carbons (Fsp3) is 0.167. The molecule has 33 heavy (non-hydrogen) atoms. The van der Waals surface area contributed by atoms with Crippen molar-refractivity contribution in [3.05, 3.63) is 104 Å². The summed E-state index contributed by atoms with van der Waals surface area (Å²) in [6, 6.07) is 19.9. The molecule has 4 aliphatic rings. The van der Waals surface area contributed by atoms with Crippen molar-refractivity contribution in [3.8, 4) is 0 Å². The average Bonchev–Trinajstić information content (AvgIpc) is 3.08. The number of amides is 2. The summed E-state index contributed by atoms with van der Waals surface area (Å²) in [6.45, 7) is 0. The second-order valence-electron chi connectivity index (χ2n) is 8.37. The van der Waals surface area contributed by atoms with Crippen molar-refractivity contribution < 1.29 is 14.5 Å². The smallest absolute Gasteiger partial charge is 0.274 e. The van der Waals surface area contributed by atoms with Gasteiger partial charge in [0.15, 0.2) is 0 Å². The van der Waals surface area contributed by atoms with Crippen LogP contribution in [0.5, 0.6) is 0 Å². The molecule has 0 saturated carbocycles. The van der Waals surface area contributed by atoms with Crippen molar-refractivity contribution in [1.82, 2.24) is 0 Å². The highest BCUT2D eigenvalue weighted by Crippen LogP contribution is 2.71. The van der Waals surface area contributed by atoms with Gasteiger partial charge in [-0.1, -0.05) is 96.3 Å². The lowest BCUT2D eigenvalue weighted by atomic mass is 9.54. The Kier molecular flexibility index (Phi) is 4.39. The lowest BCUT2D eigenvalue weighted by Gasteiger charge is -2.55. The van der Waals surface area contributed by atoms with E-state index in [1.54, 1.807) is 6.07 Å². The second-order valence-corrected chi connectivity index (χ2v) is 11.8. The maximum atomic E-state index is 14.0. The third kappa shape index (κ3) is 2.42. The van der Waals surface area contributed by atoms with E-state index in [4.69, 9.17) is 0 Å². The number of halogens is 3. The van der Waals surface area contributed by atoms with Crippen molar-refractivity contribution in [2.24, 2.45) is 11.8 Å². The number of alkyl halides is 2. The van der Waals surface area contributed by atoms with Gasteiger partial charge in [-0.15, -0.1) is 0 Å². The van der Waals surface area contributed by atoms with Gasteiger partial charge in [0.2, 0.25) is 11.8 Å². The maximum absolute atomic E-state index is 14.0. The highest BCUT2D eigenvalue weighted by molar-refractivity contribution is 9.10. The van der Waals surface area contributed by atoms with E-state index in [9.17, 15) is 19.7 Å². The number of benzene rings is 3. The van der Waals surface area contributed by atoms with Gasteiger partial charge >= 0.3 is 0 Å². The summed E-state index contributed by atoms with van der Waals surface area (Å²) in [7, 11) is 0. The topological polar surface area (TPSA) is 80.5 Å². The molecule has 6 nitrogen and oxygen atoms in total. The van der Waals surface area contributed by atoms with Gasteiger partial charge in [-0.2, -0.15) is 0 Å². The fourth-order valence-corrected chi connectivity index (χ4v) is 8.39. The van der Waals surface area contributed by atoms with E-state index in [1.165, 1.54) is 12.1 Å². The summed E-state index contributed by atoms with van der Waals surface area (Å²) in [5.74, 6) is -2.48. The number of nitro benzene ring substituents is 1. The first-order valence-corrected chi connectivity index (χ1v) is 12.5. The first-order valence-electron chi connectivity index (χ1n) is 10.1. The SMILES string of the molecule is O=C1[C@H]2[C@H](C(=O)N1c1ccc(Br)cc1[N+](=O)[O-])C1(Br)c3ccccc3C2(Br)c2ccccc21. The summed E-state index contributed by atoms with van der Waals surface area (Å²) >= 11 is 11.1. The molecule has 2 bridgehead atoms. The van der Waals surface area contributed by atoms with Gasteiger partial charge in [-0.25, -0.2) is 4.90 Å². The number of hydrogen-bond donors (Lipinski definition) is 0. The Labute approximate surface area is 213 Å². The highest BCUT2D eigenvalue weighted by atomic mass is 79.9. The molecule has 0 aromatic heterocycles. The number of nitro groups is 1. The highest BCUT2D eigenvalue weighted by Gasteiger charge is 2.72. The molecule has 1 aliphatic heterocycles. The van der Waals surface area contributed by atoms with E-state index < -0.39 is 37.2 Å². The molecule has 1 saturated heterocycles. The summed E-state index contributed by atoms with van der Waals surface area (Å²) < 4.78 is -1.39. The zero-order valence-electron chi connectivity index (χ0n) is 16.7. The number of anilines is 1. The molecular formula is C24H13Br3N2O4. The molecular weight excluding hydrogens is 620 g/mol. The molecule has 0 N–H and O–H groups in total. The number of imide groups is 1. The quantitative estimate of drug-likeness (QED) is 0.156. The third-order valence-electron chi connectivity index (χ3n) is 6.96. The summed E-state index contributed by atoms with van der Waals surface area (Å²) in [4.78, 5) is 40.2. The van der Waals surface area contributed by atoms with E-state index in [-0.39, 0.29) is 11.4 Å². The molecule has 164 valence electrons. The summed E-state index contributed by atoms with van der Waals surface area (Å²) in [6.07, 6.45) is 0. The predicted octanol–water partition coefficient (Wildman–Crippen LogP) is 5.77. The molecule has 9 heteroatoms. The van der Waals surface area contributed by atoms with E-state index in [1.807, 2.05) is 48.5 Å². The van der Waals surface area contributed by atoms with E-state index in [2.05, 4.69) is 47.8 Å². The summed E-state index contributed by atoms with van der Waals surface area (Å²) in [5, 5.41) is 11.8. The molecule has 0 spiro atoms. The minimum absolute atomic E-state index is 0.0210. The Morgan fingerprint density at radius 3 is 1.61 bits per heavy atom. The van der Waals surface area contributed by atoms with Crippen LogP contribution in [-0.2, 0) is 18.2 Å². The van der Waals surface area contributed by atoms with Crippen molar-refractivity contribution in [2.75, 3.05) is 4.90 Å². The van der Waals surface area contributed by atoms with E-state index >= 15 is 0 Å². The lowest BCUT2D eigenvalue weighted by Crippen LogP contribution is -2.56. The van der Waals surface area contributed by atoms with Crippen LogP contribution in [0.4, 0.5) is 11.4 Å². The van der Waals surface area contributed by atoms with Crippen LogP contribution in [0.1, 0.15) is 22.3 Å². The zero-order chi connectivity index (χ0) is 23.3. The Balaban J connectivity index is 1.65. The zero-order valence-corrected chi connectivity index (χ0v) is 21.4. The van der Waals surface area contributed by atoms with Crippen LogP contribution in [0.25, 0.3) is 0 Å². The average molecular weight is 633 g/mol. The van der Waals surface area contributed by atoms with Crippen molar-refractivity contribution >= 4 is 71.0 Å². The van der Waals surface area contributed by atoms with E-state index in [0.717, 1.165) is 27.2 Å². The van der Waals surface area contributed by atoms with Crippen LogP contribution in [0.15, 0.2) is 71.2 Å². The third-order valence-corrected chi connectivity index (χ3v) is 10.1. The molecule has 0 radical (unpaired) electrons. The molecule has 7 rings (SSSR count). The van der Waals surface area contributed by atoms with Gasteiger partial charge in [-0.05, 0) is 34.4 Å². The maximum Gasteiger partial charge on any atom is 0.294 e. The van der Waals surface area contributed by atoms with Gasteiger partial charge in [0.05, 0.1) is 25.4 Å². The minimum atomic E-state index is -0.938. The molecule has 1 heterocycles. The fourth-order valence-electron chi connectivity index (χ4n) is 5.74. The number of rotatable bonds is 2. The Bertz CT molecular complexity index is 1300. The Hall–Kier alpha value is -2.36. The minimum Gasteiger partial charge on any atom is -0.274 e. The van der Waals surface area contributed by atoms with Gasteiger partial charge in [0.1, 0.15) is 5.69 Å². The first-order chi connectivity index (χ1) is 15.7. The first kappa shape index (κ1) is 21.2. The number of nitrogens with zero attached hydrogens (tertiary/aromatic N) is 2. The largest absolute Gasteiger partial charge is 0.294 e. The van der Waals surface area contributed by atoms with Crippen LogP contribution in [0.3, 0.4) is 0 Å². The lowest BCUT2D eigenvalue weighted by molar-refractivity contribution is -0.384. The van der Waals surface area contributed by atoms with Crippen molar-refractivity contribution in [3.63, 3.8) is 0 Å². The number of hydrogen-bond acceptors (Lipinski definition) is 4. The van der Waals surface area contributed by atoms with Gasteiger partial charge in [-0.3, -0.25) is 19.7 Å². The monoisotopic (exact) mass is 630 g/mol. The van der Waals surface area contributed by atoms with Gasteiger partial charge < -0.3 is 0 Å². The molecule has 0 unspecified atom stereocenters. The second kappa shape index (κ2) is 6.84. The molecule has 2 atom stereocenters. The van der Waals surface area contributed by atoms with Crippen molar-refractivity contribution in [2.45, 2.75) is 8.65 Å². The van der Waals surface area contributed by atoms with Crippen molar-refractivity contribution in [1.29, 1.82) is 0 Å². The normalized spacial score (nSPS) is 29.0. The van der Waals surface area contributed by atoms with Crippen LogP contribution >= 0.6 is 47.8 Å². The van der Waals surface area contributed by atoms with Gasteiger partial charge in [0, 0.05) is 10.5 Å². The number of carbonyl (C=O) groups is 2. The molecule has 3 aromatic rings. The van der Waals surface area contributed by atoms with Crippen LogP contribution in [0, 0.1) is 22.0 Å². The van der Waals surface area contributed by atoms with Crippen LogP contribution in [0.2, 0.25) is 0 Å². The predicted molar refractivity (Wildman–Crippen MR) is 133 cm³/mol. The van der Waals surface area contributed by atoms with Crippen LogP contribution < -0.4 is 4.90 Å². The standard InChI is InChI=1S/C24H13Br3N2O4/c25-12-9-10-17(18(11-12)29(32)33)28-21(30)19-20(22(28)31)24(27)14-6-2-1-5-13(14)23(19,26)15-7-3-4-8-16(15)24/h1-11,19-20H/t19-,20-,23?,24?/m1/s1. The summed E-state index contributed by atoms with van der Waals surface area (Å²) in [5.41, 5.74) is 3.32. The molecule has 3 aliphatic carbocycles. The molecule has 1 fully saturated rings. The van der Waals surface area contributed by atoms with E-state index in [0.29, 0.717) is 4.47 Å². The Morgan fingerprint density at radius 1 is 0.788 bits per heavy atom. The van der Waals surface area contributed by atoms with Crippen LogP contribution in [-0.4, -0.2) is 16.7 Å². The molecule has 2 amide bonds. The molecule has 3 aromatic carbocycles.